The number of hydrogen-bond donors (Lipinski definition) is 2. The van der Waals surface area contributed by atoms with E-state index < -0.39 is 23.3 Å². The van der Waals surface area contributed by atoms with Crippen LogP contribution in [0.1, 0.15) is 22.0 Å². The fraction of sp³-hybridized carbons (Fsp3) is 0.0769. The van der Waals surface area contributed by atoms with Crippen molar-refractivity contribution in [2.24, 2.45) is 0 Å². The van der Waals surface area contributed by atoms with Gasteiger partial charge in [-0.05, 0) is 29.8 Å². The molecular weight excluding hydrogens is 452 g/mol. The van der Waals surface area contributed by atoms with Crippen LogP contribution < -0.4 is 16.1 Å². The molecule has 1 atom stereocenters. The molecule has 0 bridgehead atoms. The van der Waals surface area contributed by atoms with Gasteiger partial charge in [-0.1, -0.05) is 66.1 Å². The van der Waals surface area contributed by atoms with Gasteiger partial charge in [0.2, 0.25) is 5.43 Å². The van der Waals surface area contributed by atoms with Crippen LogP contribution in [0.3, 0.4) is 0 Å². The third-order valence-electron chi connectivity index (χ3n) is 5.11. The van der Waals surface area contributed by atoms with Gasteiger partial charge in [0.25, 0.3) is 11.8 Å². The lowest BCUT2D eigenvalue weighted by Gasteiger charge is -2.19. The van der Waals surface area contributed by atoms with E-state index in [-0.39, 0.29) is 28.3 Å². The van der Waals surface area contributed by atoms with Gasteiger partial charge < -0.3 is 15.2 Å². The van der Waals surface area contributed by atoms with Gasteiger partial charge >= 0.3 is 0 Å². The quantitative estimate of drug-likeness (QED) is 0.331. The van der Waals surface area contributed by atoms with Gasteiger partial charge in [-0.2, -0.15) is 0 Å². The van der Waals surface area contributed by atoms with E-state index in [1.54, 1.807) is 54.6 Å². The van der Waals surface area contributed by atoms with Gasteiger partial charge in [-0.3, -0.25) is 14.4 Å². The molecule has 0 saturated carbocycles. The lowest BCUT2D eigenvalue weighted by molar-refractivity contribution is -0.118. The van der Waals surface area contributed by atoms with Gasteiger partial charge in [0.1, 0.15) is 22.4 Å². The molecule has 4 aromatic rings. The average molecular weight is 471 g/mol. The zero-order valence-electron chi connectivity index (χ0n) is 17.9. The van der Waals surface area contributed by atoms with Gasteiger partial charge in [-0.15, -0.1) is 6.42 Å². The summed E-state index contributed by atoms with van der Waals surface area (Å²) < 4.78 is 1.50. The molecule has 2 N–H and O–H groups in total. The number of pyridine rings is 2. The Bertz CT molecular complexity index is 1460. The minimum Gasteiger partial charge on any atom is -0.336 e. The Kier molecular flexibility index (Phi) is 6.72. The molecule has 2 heterocycles. The Hall–Kier alpha value is -4.41. The van der Waals surface area contributed by atoms with Crippen molar-refractivity contribution in [1.82, 2.24) is 14.9 Å². The van der Waals surface area contributed by atoms with Crippen molar-refractivity contribution >= 4 is 40.1 Å². The number of carbonyl (C=O) groups is 2. The van der Waals surface area contributed by atoms with E-state index in [1.165, 1.54) is 22.9 Å². The number of aromatic nitrogens is 2. The molecule has 168 valence electrons. The number of halogens is 1. The monoisotopic (exact) mass is 470 g/mol. The van der Waals surface area contributed by atoms with Crippen molar-refractivity contribution in [2.75, 3.05) is 5.32 Å². The Morgan fingerprint density at radius 2 is 1.71 bits per heavy atom. The van der Waals surface area contributed by atoms with Crippen LogP contribution in [0.2, 0.25) is 5.15 Å². The molecule has 0 aliphatic carbocycles. The van der Waals surface area contributed by atoms with Gasteiger partial charge in [0, 0.05) is 11.9 Å². The number of hydrogen-bond acceptors (Lipinski definition) is 4. The molecule has 2 aromatic heterocycles. The zero-order valence-corrected chi connectivity index (χ0v) is 18.6. The van der Waals surface area contributed by atoms with Crippen molar-refractivity contribution in [2.45, 2.75) is 12.6 Å². The molecule has 1 unspecified atom stereocenters. The molecule has 0 fully saturated rings. The summed E-state index contributed by atoms with van der Waals surface area (Å²) in [4.78, 5) is 43.7. The average Bonchev–Trinajstić information content (AvgIpc) is 2.85. The maximum Gasteiger partial charge on any atom is 0.257 e. The highest BCUT2D eigenvalue weighted by atomic mass is 35.5. The van der Waals surface area contributed by atoms with Crippen molar-refractivity contribution < 1.29 is 9.59 Å². The minimum atomic E-state index is -1.05. The number of anilines is 1. The highest BCUT2D eigenvalue weighted by Crippen LogP contribution is 2.18. The Morgan fingerprint density at radius 1 is 1.03 bits per heavy atom. The standard InChI is InChI=1S/C26H19ClN4O3/c1-2-15-31-16-20(23(32)19-13-14-21(27)29-24(19)31)25(33)30-22(17-9-5-3-6-10-17)26(34)28-18-11-7-4-8-12-18/h1,3-14,16,22H,15H2,(H,28,34)(H,30,33). The van der Waals surface area contributed by atoms with Crippen LogP contribution in [0.5, 0.6) is 0 Å². The number of fused-ring (bicyclic) bond motifs is 1. The minimum absolute atomic E-state index is 0.0704. The number of nitrogens with one attached hydrogen (secondary N) is 2. The summed E-state index contributed by atoms with van der Waals surface area (Å²) >= 11 is 5.98. The highest BCUT2D eigenvalue weighted by Gasteiger charge is 2.25. The molecule has 2 aromatic carbocycles. The fourth-order valence-corrected chi connectivity index (χ4v) is 3.66. The molecular formula is C26H19ClN4O3. The fourth-order valence-electron chi connectivity index (χ4n) is 3.51. The zero-order chi connectivity index (χ0) is 24.1. The summed E-state index contributed by atoms with van der Waals surface area (Å²) in [6, 6.07) is 19.6. The number of amides is 2. The van der Waals surface area contributed by atoms with E-state index in [9.17, 15) is 14.4 Å². The summed E-state index contributed by atoms with van der Waals surface area (Å²) in [5.41, 5.74) is 0.698. The third kappa shape index (κ3) is 4.82. The smallest absolute Gasteiger partial charge is 0.257 e. The second-order valence-electron chi connectivity index (χ2n) is 7.38. The SMILES string of the molecule is C#CCn1cc(C(=O)NC(C(=O)Nc2ccccc2)c2ccccc2)c(=O)c2ccc(Cl)nc21. The molecule has 0 saturated heterocycles. The summed E-state index contributed by atoms with van der Waals surface area (Å²) in [5, 5.41) is 5.87. The topological polar surface area (TPSA) is 93.1 Å². The van der Waals surface area contributed by atoms with E-state index >= 15 is 0 Å². The van der Waals surface area contributed by atoms with Crippen LogP contribution in [0, 0.1) is 12.3 Å². The molecule has 0 radical (unpaired) electrons. The summed E-state index contributed by atoms with van der Waals surface area (Å²) in [6.45, 7) is 0.0704. The summed E-state index contributed by atoms with van der Waals surface area (Å²) in [6.07, 6.45) is 6.79. The first-order chi connectivity index (χ1) is 16.5. The lowest BCUT2D eigenvalue weighted by atomic mass is 10.0. The molecule has 7 nitrogen and oxygen atoms in total. The predicted molar refractivity (Wildman–Crippen MR) is 132 cm³/mol. The number of para-hydroxylation sites is 1. The summed E-state index contributed by atoms with van der Waals surface area (Å²) in [5.74, 6) is 1.30. The number of rotatable bonds is 6. The van der Waals surface area contributed by atoms with E-state index in [0.29, 0.717) is 11.3 Å². The Morgan fingerprint density at radius 3 is 2.38 bits per heavy atom. The van der Waals surface area contributed by atoms with Crippen molar-refractivity contribution in [1.29, 1.82) is 0 Å². The maximum atomic E-state index is 13.3. The van der Waals surface area contributed by atoms with E-state index in [1.807, 2.05) is 6.07 Å². The van der Waals surface area contributed by atoms with E-state index in [0.717, 1.165) is 0 Å². The molecule has 2 amide bonds. The highest BCUT2D eigenvalue weighted by molar-refractivity contribution is 6.29. The molecule has 8 heteroatoms. The van der Waals surface area contributed by atoms with Crippen molar-refractivity contribution in [3.63, 3.8) is 0 Å². The Balaban J connectivity index is 1.72. The normalized spacial score (nSPS) is 11.4. The van der Waals surface area contributed by atoms with Gasteiger partial charge in [0.15, 0.2) is 0 Å². The van der Waals surface area contributed by atoms with Crippen molar-refractivity contribution in [3.05, 3.63) is 105 Å². The second kappa shape index (κ2) is 10.0. The van der Waals surface area contributed by atoms with Gasteiger partial charge in [0.05, 0.1) is 11.9 Å². The number of nitrogens with zero attached hydrogens (tertiary/aromatic N) is 2. The number of benzene rings is 2. The lowest BCUT2D eigenvalue weighted by Crippen LogP contribution is -2.39. The molecule has 0 aliphatic rings. The van der Waals surface area contributed by atoms with Crippen LogP contribution in [-0.2, 0) is 11.3 Å². The first-order valence-corrected chi connectivity index (χ1v) is 10.7. The van der Waals surface area contributed by atoms with Crippen LogP contribution in [0.4, 0.5) is 5.69 Å². The van der Waals surface area contributed by atoms with E-state index in [2.05, 4.69) is 21.5 Å². The van der Waals surface area contributed by atoms with Crippen LogP contribution in [-0.4, -0.2) is 21.4 Å². The van der Waals surface area contributed by atoms with Gasteiger partial charge in [-0.25, -0.2) is 4.98 Å². The first-order valence-electron chi connectivity index (χ1n) is 10.3. The maximum absolute atomic E-state index is 13.3. The molecule has 34 heavy (non-hydrogen) atoms. The van der Waals surface area contributed by atoms with E-state index in [4.69, 9.17) is 18.0 Å². The van der Waals surface area contributed by atoms with Crippen LogP contribution in [0.15, 0.2) is 83.8 Å². The predicted octanol–water partition coefficient (Wildman–Crippen LogP) is 3.79. The molecule has 0 spiro atoms. The number of carbonyl (C=O) groups excluding carboxylic acids is 2. The van der Waals surface area contributed by atoms with Crippen LogP contribution >= 0.6 is 11.6 Å². The van der Waals surface area contributed by atoms with Crippen molar-refractivity contribution in [3.8, 4) is 12.3 Å². The van der Waals surface area contributed by atoms with Crippen LogP contribution in [0.25, 0.3) is 11.0 Å². The molecule has 0 aliphatic heterocycles. The second-order valence-corrected chi connectivity index (χ2v) is 7.77. The largest absolute Gasteiger partial charge is 0.336 e. The third-order valence-corrected chi connectivity index (χ3v) is 5.32. The summed E-state index contributed by atoms with van der Waals surface area (Å²) in [7, 11) is 0. The first kappa shape index (κ1) is 22.8. The molecule has 4 rings (SSSR count). The number of terminal acetylenes is 1. The Labute approximate surface area is 200 Å².